The molecule has 0 aliphatic heterocycles. The summed E-state index contributed by atoms with van der Waals surface area (Å²) in [6.45, 7) is 4.15. The molecule has 0 fully saturated rings. The Hall–Kier alpha value is -2.41. The molecular formula is C16H15BrN6. The van der Waals surface area contributed by atoms with E-state index in [0.717, 1.165) is 38.5 Å². The lowest BCUT2D eigenvalue weighted by Gasteiger charge is -2.05. The fraction of sp³-hybridized carbons (Fsp3) is 0.188. The van der Waals surface area contributed by atoms with Crippen LogP contribution < -0.4 is 0 Å². The highest BCUT2D eigenvalue weighted by molar-refractivity contribution is 9.10. The number of fused-ring (bicyclic) bond motifs is 1. The molecule has 0 aliphatic rings. The number of halogens is 1. The number of benzene rings is 1. The average molecular weight is 371 g/mol. The molecule has 0 saturated heterocycles. The molecule has 0 aliphatic carbocycles. The highest BCUT2D eigenvalue weighted by Gasteiger charge is 2.13. The fourth-order valence-electron chi connectivity index (χ4n) is 2.81. The van der Waals surface area contributed by atoms with E-state index in [4.69, 9.17) is 5.10 Å². The Morgan fingerprint density at radius 1 is 0.870 bits per heavy atom. The minimum absolute atomic E-state index is 0.849. The third-order valence-electron chi connectivity index (χ3n) is 3.86. The van der Waals surface area contributed by atoms with Gasteiger partial charge in [0.25, 0.3) is 0 Å². The predicted molar refractivity (Wildman–Crippen MR) is 92.1 cm³/mol. The van der Waals surface area contributed by atoms with Crippen molar-refractivity contribution in [2.45, 2.75) is 13.8 Å². The Balaban J connectivity index is 1.85. The van der Waals surface area contributed by atoms with Crippen LogP contribution in [0.3, 0.4) is 0 Å². The molecule has 0 spiro atoms. The number of aromatic nitrogens is 6. The third-order valence-corrected chi connectivity index (χ3v) is 4.43. The lowest BCUT2D eigenvalue weighted by molar-refractivity contribution is 0.665. The maximum atomic E-state index is 4.74. The van der Waals surface area contributed by atoms with Gasteiger partial charge in [0.1, 0.15) is 15.6 Å². The summed E-state index contributed by atoms with van der Waals surface area (Å²) in [5.41, 5.74) is 4.98. The normalized spacial score (nSPS) is 11.5. The molecule has 0 N–H and O–H groups in total. The molecule has 3 aromatic heterocycles. The maximum Gasteiger partial charge on any atom is 0.160 e. The molecule has 6 nitrogen and oxygen atoms in total. The van der Waals surface area contributed by atoms with Crippen LogP contribution >= 0.6 is 15.9 Å². The van der Waals surface area contributed by atoms with Crippen molar-refractivity contribution in [3.63, 3.8) is 0 Å². The van der Waals surface area contributed by atoms with E-state index in [1.807, 2.05) is 36.0 Å². The largest absolute Gasteiger partial charge is 0.302 e. The molecule has 0 amide bonds. The van der Waals surface area contributed by atoms with E-state index in [1.165, 1.54) is 0 Å². The second-order valence-corrected chi connectivity index (χ2v) is 6.36. The summed E-state index contributed by atoms with van der Waals surface area (Å²) in [4.78, 5) is 1.57. The SMILES string of the molecule is Cc1ccc(C)n1-c1cc(Br)n(-c2ccc3nn(C)nc3c2)n1. The first kappa shape index (κ1) is 14.2. The summed E-state index contributed by atoms with van der Waals surface area (Å²) in [5.74, 6) is 0.885. The zero-order valence-corrected chi connectivity index (χ0v) is 14.6. The predicted octanol–water partition coefficient (Wildman–Crippen LogP) is 3.32. The topological polar surface area (TPSA) is 53.5 Å². The van der Waals surface area contributed by atoms with Crippen LogP contribution in [0.1, 0.15) is 11.4 Å². The Bertz CT molecular complexity index is 1000. The van der Waals surface area contributed by atoms with E-state index < -0.39 is 0 Å². The maximum absolute atomic E-state index is 4.74. The van der Waals surface area contributed by atoms with Crippen LogP contribution in [0.15, 0.2) is 41.0 Å². The van der Waals surface area contributed by atoms with Gasteiger partial charge in [-0.3, -0.25) is 0 Å². The standard InChI is InChI=1S/C16H15BrN6/c1-10-4-5-11(2)22(10)16-9-15(17)23(20-16)12-6-7-13-14(8-12)19-21(3)18-13/h4-9H,1-3H3. The van der Waals surface area contributed by atoms with Crippen molar-refractivity contribution in [2.75, 3.05) is 0 Å². The van der Waals surface area contributed by atoms with Gasteiger partial charge in [-0.2, -0.15) is 15.0 Å². The molecule has 23 heavy (non-hydrogen) atoms. The van der Waals surface area contributed by atoms with Gasteiger partial charge in [0.05, 0.1) is 5.69 Å². The van der Waals surface area contributed by atoms with Gasteiger partial charge >= 0.3 is 0 Å². The van der Waals surface area contributed by atoms with Crippen LogP contribution in [0.25, 0.3) is 22.5 Å². The smallest absolute Gasteiger partial charge is 0.160 e. The van der Waals surface area contributed by atoms with Crippen molar-refractivity contribution < 1.29 is 0 Å². The van der Waals surface area contributed by atoms with E-state index in [-0.39, 0.29) is 0 Å². The Morgan fingerprint density at radius 2 is 1.57 bits per heavy atom. The summed E-state index contributed by atoms with van der Waals surface area (Å²) in [5, 5.41) is 13.4. The lowest BCUT2D eigenvalue weighted by atomic mass is 10.3. The summed E-state index contributed by atoms with van der Waals surface area (Å²) < 4.78 is 4.88. The highest BCUT2D eigenvalue weighted by Crippen LogP contribution is 2.24. The van der Waals surface area contributed by atoms with Crippen molar-refractivity contribution >= 4 is 27.0 Å². The Kier molecular flexibility index (Phi) is 3.12. The van der Waals surface area contributed by atoms with Crippen molar-refractivity contribution in [2.24, 2.45) is 7.05 Å². The molecule has 0 unspecified atom stereocenters. The first-order chi connectivity index (χ1) is 11.0. The summed E-state index contributed by atoms with van der Waals surface area (Å²) in [6.07, 6.45) is 0. The van der Waals surface area contributed by atoms with Gasteiger partial charge in [0.15, 0.2) is 5.82 Å². The van der Waals surface area contributed by atoms with E-state index in [1.54, 1.807) is 4.80 Å². The van der Waals surface area contributed by atoms with Gasteiger partial charge in [0.2, 0.25) is 0 Å². The van der Waals surface area contributed by atoms with Gasteiger partial charge < -0.3 is 4.57 Å². The summed E-state index contributed by atoms with van der Waals surface area (Å²) in [7, 11) is 1.82. The molecule has 3 heterocycles. The van der Waals surface area contributed by atoms with Gasteiger partial charge in [-0.25, -0.2) is 4.68 Å². The molecular weight excluding hydrogens is 356 g/mol. The molecule has 7 heteroatoms. The molecule has 0 atom stereocenters. The van der Waals surface area contributed by atoms with Crippen LogP contribution in [0.4, 0.5) is 0 Å². The number of hydrogen-bond acceptors (Lipinski definition) is 3. The Morgan fingerprint density at radius 3 is 2.30 bits per heavy atom. The van der Waals surface area contributed by atoms with Gasteiger partial charge in [-0.1, -0.05) is 0 Å². The first-order valence-corrected chi connectivity index (χ1v) is 8.04. The second-order valence-electron chi connectivity index (χ2n) is 5.55. The average Bonchev–Trinajstić information content (AvgIpc) is 3.15. The number of hydrogen-bond donors (Lipinski definition) is 0. The lowest BCUT2D eigenvalue weighted by Crippen LogP contribution is -2.02. The van der Waals surface area contributed by atoms with Crippen molar-refractivity contribution in [3.05, 3.63) is 52.4 Å². The van der Waals surface area contributed by atoms with Crippen molar-refractivity contribution in [1.82, 2.24) is 29.3 Å². The Labute approximate surface area is 141 Å². The number of rotatable bonds is 2. The van der Waals surface area contributed by atoms with Gasteiger partial charge in [-0.05, 0) is 60.1 Å². The number of nitrogens with zero attached hydrogens (tertiary/aromatic N) is 6. The third kappa shape index (κ3) is 2.28. The fourth-order valence-corrected chi connectivity index (χ4v) is 3.30. The molecule has 1 aromatic carbocycles. The van der Waals surface area contributed by atoms with E-state index in [2.05, 4.69) is 56.7 Å². The molecule has 0 saturated carbocycles. The van der Waals surface area contributed by atoms with Gasteiger partial charge in [0, 0.05) is 24.5 Å². The van der Waals surface area contributed by atoms with Crippen LogP contribution in [-0.4, -0.2) is 29.3 Å². The zero-order valence-electron chi connectivity index (χ0n) is 13.0. The van der Waals surface area contributed by atoms with E-state index in [0.29, 0.717) is 0 Å². The van der Waals surface area contributed by atoms with Crippen molar-refractivity contribution in [3.8, 4) is 11.5 Å². The van der Waals surface area contributed by atoms with Crippen molar-refractivity contribution in [1.29, 1.82) is 0 Å². The highest BCUT2D eigenvalue weighted by atomic mass is 79.9. The summed E-state index contributed by atoms with van der Waals surface area (Å²) in [6, 6.07) is 12.1. The van der Waals surface area contributed by atoms with Crippen LogP contribution in [0.2, 0.25) is 0 Å². The van der Waals surface area contributed by atoms with E-state index >= 15 is 0 Å². The van der Waals surface area contributed by atoms with E-state index in [9.17, 15) is 0 Å². The molecule has 4 rings (SSSR count). The summed E-state index contributed by atoms with van der Waals surface area (Å²) >= 11 is 3.60. The zero-order chi connectivity index (χ0) is 16.1. The second kappa shape index (κ2) is 5.06. The molecule has 0 radical (unpaired) electrons. The van der Waals surface area contributed by atoms with Crippen LogP contribution in [-0.2, 0) is 7.05 Å². The minimum Gasteiger partial charge on any atom is -0.302 e. The quantitative estimate of drug-likeness (QED) is 0.543. The van der Waals surface area contributed by atoms with Crippen LogP contribution in [0, 0.1) is 13.8 Å². The molecule has 116 valence electrons. The monoisotopic (exact) mass is 370 g/mol. The molecule has 4 aromatic rings. The molecule has 0 bridgehead atoms. The first-order valence-electron chi connectivity index (χ1n) is 7.25. The van der Waals surface area contributed by atoms with Crippen LogP contribution in [0.5, 0.6) is 0 Å². The minimum atomic E-state index is 0.849. The number of aryl methyl sites for hydroxylation is 3. The van der Waals surface area contributed by atoms with Gasteiger partial charge in [-0.15, -0.1) is 5.10 Å².